The van der Waals surface area contributed by atoms with E-state index in [9.17, 15) is 4.79 Å². The number of fused-ring (bicyclic) bond motifs is 2. The van der Waals surface area contributed by atoms with Crippen molar-refractivity contribution in [3.63, 3.8) is 0 Å². The van der Waals surface area contributed by atoms with Gasteiger partial charge in [-0.2, -0.15) is 0 Å². The topological polar surface area (TPSA) is 120 Å². The molecule has 2 aliphatic heterocycles. The molecule has 2 N–H and O–H groups in total. The smallest absolute Gasteiger partial charge is 0.249 e. The van der Waals surface area contributed by atoms with Gasteiger partial charge in [-0.3, -0.25) is 10.1 Å². The molecule has 2 atom stereocenters. The van der Waals surface area contributed by atoms with Crippen molar-refractivity contribution in [3.8, 4) is 22.6 Å². The summed E-state index contributed by atoms with van der Waals surface area (Å²) in [6.07, 6.45) is 5.99. The summed E-state index contributed by atoms with van der Waals surface area (Å²) in [7, 11) is 0. The van der Waals surface area contributed by atoms with Crippen LogP contribution in [-0.2, 0) is 21.6 Å². The van der Waals surface area contributed by atoms with E-state index in [1.54, 1.807) is 18.7 Å². The molecule has 1 unspecified atom stereocenters. The lowest BCUT2D eigenvalue weighted by Gasteiger charge is -2.27. The molecule has 10 nitrogen and oxygen atoms in total. The number of carbonyl (C=O) groups is 1. The van der Waals surface area contributed by atoms with E-state index in [4.69, 9.17) is 9.72 Å². The van der Waals surface area contributed by atoms with Gasteiger partial charge in [0, 0.05) is 48.4 Å². The standard InChI is InChI=1S/C25H26N8O2/c1-4-33-22(16-10-26-14(2)27-11-16)31-21-20(28-13-29-23(21)33)15-5-6-19-18(9-15)25(3,24(34)30-19)32-17-7-8-35-12-17/h5-6,9-11,13,17,32H,4,7-8,12H2,1-3H3,(H,30,34)/t17-,25?/m1/s1. The van der Waals surface area contributed by atoms with Crippen molar-refractivity contribution in [1.82, 2.24) is 34.8 Å². The number of hydrogen-bond acceptors (Lipinski definition) is 8. The summed E-state index contributed by atoms with van der Waals surface area (Å²) >= 11 is 0. The van der Waals surface area contributed by atoms with Crippen LogP contribution in [0.1, 0.15) is 31.7 Å². The van der Waals surface area contributed by atoms with E-state index < -0.39 is 5.54 Å². The van der Waals surface area contributed by atoms with Gasteiger partial charge in [0.2, 0.25) is 5.91 Å². The van der Waals surface area contributed by atoms with Crippen molar-refractivity contribution in [1.29, 1.82) is 0 Å². The lowest BCUT2D eigenvalue weighted by Crippen LogP contribution is -2.50. The van der Waals surface area contributed by atoms with Gasteiger partial charge in [0.15, 0.2) is 5.65 Å². The van der Waals surface area contributed by atoms with Crippen molar-refractivity contribution in [2.75, 3.05) is 18.5 Å². The van der Waals surface area contributed by atoms with Gasteiger partial charge in [-0.1, -0.05) is 6.07 Å². The second-order valence-electron chi connectivity index (χ2n) is 9.14. The normalized spacial score (nSPS) is 21.5. The number of nitrogens with one attached hydrogen (secondary N) is 2. The maximum atomic E-state index is 13.0. The lowest BCUT2D eigenvalue weighted by molar-refractivity contribution is -0.121. The Bertz CT molecular complexity index is 1440. The monoisotopic (exact) mass is 470 g/mol. The van der Waals surface area contributed by atoms with Crippen LogP contribution < -0.4 is 10.6 Å². The molecule has 0 spiro atoms. The van der Waals surface area contributed by atoms with Crippen LogP contribution in [0.2, 0.25) is 0 Å². The number of amides is 1. The van der Waals surface area contributed by atoms with Gasteiger partial charge in [0.1, 0.15) is 34.7 Å². The number of anilines is 1. The Morgan fingerprint density at radius 1 is 1.20 bits per heavy atom. The van der Waals surface area contributed by atoms with Crippen LogP contribution in [0.3, 0.4) is 0 Å². The fourth-order valence-electron chi connectivity index (χ4n) is 4.96. The quantitative estimate of drug-likeness (QED) is 0.457. The number of aromatic nitrogens is 6. The zero-order chi connectivity index (χ0) is 24.2. The highest BCUT2D eigenvalue weighted by Gasteiger charge is 2.44. The summed E-state index contributed by atoms with van der Waals surface area (Å²) in [6, 6.07) is 6.05. The van der Waals surface area contributed by atoms with Crippen LogP contribution >= 0.6 is 0 Å². The average molecular weight is 471 g/mol. The molecule has 1 amide bonds. The molecule has 0 bridgehead atoms. The van der Waals surface area contributed by atoms with Crippen LogP contribution in [-0.4, -0.2) is 54.6 Å². The highest BCUT2D eigenvalue weighted by Crippen LogP contribution is 2.40. The van der Waals surface area contributed by atoms with Gasteiger partial charge in [-0.05, 0) is 39.3 Å². The molecular weight excluding hydrogens is 444 g/mol. The molecule has 0 radical (unpaired) electrons. The number of hydrogen-bond donors (Lipinski definition) is 2. The minimum Gasteiger partial charge on any atom is -0.380 e. The molecule has 4 aromatic rings. The molecule has 3 aromatic heterocycles. The summed E-state index contributed by atoms with van der Waals surface area (Å²) in [5.41, 5.74) is 4.67. The van der Waals surface area contributed by atoms with E-state index in [-0.39, 0.29) is 11.9 Å². The Morgan fingerprint density at radius 2 is 2.03 bits per heavy atom. The zero-order valence-electron chi connectivity index (χ0n) is 19.9. The minimum atomic E-state index is -0.858. The van der Waals surface area contributed by atoms with Gasteiger partial charge in [-0.25, -0.2) is 24.9 Å². The first-order chi connectivity index (χ1) is 17.0. The van der Waals surface area contributed by atoms with Crippen LogP contribution in [0.4, 0.5) is 5.69 Å². The predicted molar refractivity (Wildman–Crippen MR) is 131 cm³/mol. The summed E-state index contributed by atoms with van der Waals surface area (Å²) in [4.78, 5) is 35.7. The Kier molecular flexibility index (Phi) is 5.08. The lowest BCUT2D eigenvalue weighted by atomic mass is 9.90. The largest absolute Gasteiger partial charge is 0.380 e. The second-order valence-corrected chi connectivity index (χ2v) is 9.14. The van der Waals surface area contributed by atoms with E-state index in [0.29, 0.717) is 36.8 Å². The molecule has 2 aliphatic rings. The highest BCUT2D eigenvalue weighted by molar-refractivity contribution is 6.06. The first kappa shape index (κ1) is 21.8. The molecule has 0 aliphatic carbocycles. The number of benzene rings is 1. The molecule has 1 saturated heterocycles. The molecule has 35 heavy (non-hydrogen) atoms. The Balaban J connectivity index is 1.47. The van der Waals surface area contributed by atoms with Crippen LogP contribution in [0.5, 0.6) is 0 Å². The number of rotatable bonds is 5. The summed E-state index contributed by atoms with van der Waals surface area (Å²) in [5, 5.41) is 6.54. The molecule has 1 aromatic carbocycles. The zero-order valence-corrected chi connectivity index (χ0v) is 19.9. The third-order valence-electron chi connectivity index (χ3n) is 6.84. The van der Waals surface area contributed by atoms with E-state index in [1.165, 1.54) is 0 Å². The van der Waals surface area contributed by atoms with Gasteiger partial charge >= 0.3 is 0 Å². The number of imidazole rings is 1. The van der Waals surface area contributed by atoms with Gasteiger partial charge in [-0.15, -0.1) is 0 Å². The van der Waals surface area contributed by atoms with Gasteiger partial charge in [0.25, 0.3) is 0 Å². The summed E-state index contributed by atoms with van der Waals surface area (Å²) in [5.74, 6) is 1.38. The Morgan fingerprint density at radius 3 is 2.77 bits per heavy atom. The van der Waals surface area contributed by atoms with Gasteiger partial charge in [0.05, 0.1) is 12.2 Å². The van der Waals surface area contributed by atoms with Crippen molar-refractivity contribution in [2.45, 2.75) is 45.3 Å². The van der Waals surface area contributed by atoms with Crippen molar-refractivity contribution in [2.24, 2.45) is 0 Å². The first-order valence-electron chi connectivity index (χ1n) is 11.8. The number of nitrogens with zero attached hydrogens (tertiary/aromatic N) is 6. The fourth-order valence-corrected chi connectivity index (χ4v) is 4.96. The molecule has 10 heteroatoms. The van der Waals surface area contributed by atoms with Crippen molar-refractivity contribution >= 4 is 22.8 Å². The number of aryl methyl sites for hydroxylation is 2. The van der Waals surface area contributed by atoms with Crippen LogP contribution in [0, 0.1) is 6.92 Å². The predicted octanol–water partition coefficient (Wildman–Crippen LogP) is 2.82. The molecule has 0 saturated carbocycles. The van der Waals surface area contributed by atoms with E-state index in [0.717, 1.165) is 40.3 Å². The molecular formula is C25H26N8O2. The van der Waals surface area contributed by atoms with Crippen LogP contribution in [0.25, 0.3) is 33.8 Å². The first-order valence-corrected chi connectivity index (χ1v) is 11.8. The maximum Gasteiger partial charge on any atom is 0.249 e. The van der Waals surface area contributed by atoms with Crippen molar-refractivity contribution in [3.05, 3.63) is 48.3 Å². The van der Waals surface area contributed by atoms with Crippen LogP contribution in [0.15, 0.2) is 36.9 Å². The number of carbonyl (C=O) groups excluding carboxylic acids is 1. The summed E-state index contributed by atoms with van der Waals surface area (Å²) < 4.78 is 7.55. The van der Waals surface area contributed by atoms with E-state index >= 15 is 0 Å². The minimum absolute atomic E-state index is 0.0682. The third kappa shape index (κ3) is 3.48. The SMILES string of the molecule is CCn1c(-c2cnc(C)nc2)nc2c(-c3ccc4c(c3)C(C)(N[C@@H]3CCOC3)C(=O)N4)ncnc21. The highest BCUT2D eigenvalue weighted by atomic mass is 16.5. The maximum absolute atomic E-state index is 13.0. The van der Waals surface area contributed by atoms with Crippen molar-refractivity contribution < 1.29 is 9.53 Å². The second kappa shape index (κ2) is 8.17. The average Bonchev–Trinajstić information content (AvgIpc) is 3.57. The van der Waals surface area contributed by atoms with Gasteiger partial charge < -0.3 is 14.6 Å². The van der Waals surface area contributed by atoms with E-state index in [1.807, 2.05) is 36.6 Å². The van der Waals surface area contributed by atoms with E-state index in [2.05, 4.69) is 37.5 Å². The molecule has 5 heterocycles. The molecule has 6 rings (SSSR count). The Hall–Kier alpha value is -3.76. The molecule has 1 fully saturated rings. The summed E-state index contributed by atoms with van der Waals surface area (Å²) in [6.45, 7) is 7.82. The fraction of sp³-hybridized carbons (Fsp3) is 0.360. The third-order valence-corrected chi connectivity index (χ3v) is 6.84. The molecule has 178 valence electrons. The Labute approximate surface area is 202 Å². The number of ether oxygens (including phenoxy) is 1.